The summed E-state index contributed by atoms with van der Waals surface area (Å²) in [6.45, 7) is 1.24. The van der Waals surface area contributed by atoms with Crippen LogP contribution in [0.3, 0.4) is 0 Å². The molecule has 6 nitrogen and oxygen atoms in total. The van der Waals surface area contributed by atoms with Crippen LogP contribution >= 0.6 is 0 Å². The van der Waals surface area contributed by atoms with Gasteiger partial charge in [-0.05, 0) is 0 Å². The number of ether oxygens (including phenoxy) is 2. The summed E-state index contributed by atoms with van der Waals surface area (Å²) >= 11 is 0. The quantitative estimate of drug-likeness (QED) is 0.699. The molecule has 0 radical (unpaired) electrons. The third-order valence-electron chi connectivity index (χ3n) is 1.66. The Bertz CT molecular complexity index is 404. The van der Waals surface area contributed by atoms with Crippen LogP contribution in [0.2, 0.25) is 0 Å². The molecule has 16 heavy (non-hydrogen) atoms. The molecule has 0 saturated heterocycles. The van der Waals surface area contributed by atoms with Gasteiger partial charge in [-0.15, -0.1) is 0 Å². The number of carbonyl (C=O) groups excluding carboxylic acids is 1. The number of allylic oxidation sites excluding steroid dienone is 1. The average molecular weight is 221 g/mol. The summed E-state index contributed by atoms with van der Waals surface area (Å²) in [7, 11) is 1.52. The molecule has 1 heterocycles. The third kappa shape index (κ3) is 3.46. The van der Waals surface area contributed by atoms with Crippen LogP contribution in [-0.2, 0) is 14.3 Å². The number of hydrogen-bond donors (Lipinski definition) is 1. The lowest BCUT2D eigenvalue weighted by Crippen LogP contribution is -2.17. The molecule has 0 aromatic rings. The van der Waals surface area contributed by atoms with Crippen molar-refractivity contribution in [3.05, 3.63) is 23.9 Å². The number of esters is 1. The summed E-state index contributed by atoms with van der Waals surface area (Å²) in [5.74, 6) is 0.475. The van der Waals surface area contributed by atoms with E-state index < -0.39 is 12.1 Å². The summed E-state index contributed by atoms with van der Waals surface area (Å²) in [6, 6.07) is 1.82. The summed E-state index contributed by atoms with van der Waals surface area (Å²) in [5, 5.41) is 11.5. The number of methoxy groups -OCH3 is 1. The molecule has 0 aromatic carbocycles. The van der Waals surface area contributed by atoms with Gasteiger partial charge in [-0.3, -0.25) is 4.79 Å². The van der Waals surface area contributed by atoms with E-state index in [0.717, 1.165) is 0 Å². The first-order chi connectivity index (χ1) is 7.65. The van der Waals surface area contributed by atoms with Gasteiger partial charge in [-0.25, -0.2) is 4.99 Å². The molecule has 0 bridgehead atoms. The fourth-order valence-corrected chi connectivity index (χ4v) is 0.975. The maximum Gasteiger partial charge on any atom is 0.304 e. The molecular weight excluding hydrogens is 210 g/mol. The van der Waals surface area contributed by atoms with Crippen LogP contribution in [0.15, 0.2) is 28.8 Å². The Labute approximate surface area is 92.9 Å². The first-order valence-corrected chi connectivity index (χ1v) is 4.49. The standard InChI is InChI=1S/C10H11N3O3/c1-7(14)16-8(4-11)3-10-12-5-9(15-2)6-13-10/h3,5-6,8,12H,1-2H3/b10-3-. The van der Waals surface area contributed by atoms with Crippen molar-refractivity contribution < 1.29 is 14.3 Å². The van der Waals surface area contributed by atoms with Crippen molar-refractivity contribution >= 4 is 12.2 Å². The van der Waals surface area contributed by atoms with Crippen molar-refractivity contribution in [2.24, 2.45) is 4.99 Å². The molecule has 1 aliphatic heterocycles. The van der Waals surface area contributed by atoms with Crippen molar-refractivity contribution in [3.8, 4) is 6.07 Å². The lowest BCUT2D eigenvalue weighted by atomic mass is 10.3. The van der Waals surface area contributed by atoms with E-state index in [9.17, 15) is 4.79 Å². The summed E-state index contributed by atoms with van der Waals surface area (Å²) in [4.78, 5) is 14.6. The van der Waals surface area contributed by atoms with Crippen molar-refractivity contribution in [1.29, 1.82) is 5.26 Å². The van der Waals surface area contributed by atoms with Gasteiger partial charge in [0.05, 0.1) is 13.3 Å². The van der Waals surface area contributed by atoms with Crippen molar-refractivity contribution in [1.82, 2.24) is 5.32 Å². The van der Waals surface area contributed by atoms with Crippen LogP contribution in [0, 0.1) is 11.3 Å². The van der Waals surface area contributed by atoms with Gasteiger partial charge in [0.2, 0.25) is 6.10 Å². The van der Waals surface area contributed by atoms with E-state index in [1.165, 1.54) is 26.3 Å². The fourth-order valence-electron chi connectivity index (χ4n) is 0.975. The van der Waals surface area contributed by atoms with E-state index in [1.807, 2.05) is 6.07 Å². The van der Waals surface area contributed by atoms with E-state index in [0.29, 0.717) is 11.6 Å². The van der Waals surface area contributed by atoms with Gasteiger partial charge in [-0.1, -0.05) is 0 Å². The van der Waals surface area contributed by atoms with E-state index >= 15 is 0 Å². The smallest absolute Gasteiger partial charge is 0.304 e. The number of nitrogens with zero attached hydrogens (tertiary/aromatic N) is 2. The van der Waals surface area contributed by atoms with Crippen LogP contribution in [-0.4, -0.2) is 25.4 Å². The highest BCUT2D eigenvalue weighted by Gasteiger charge is 2.10. The number of aliphatic imine (C=N–C) groups is 1. The van der Waals surface area contributed by atoms with Crippen LogP contribution < -0.4 is 5.32 Å². The Morgan fingerprint density at radius 2 is 2.50 bits per heavy atom. The maximum atomic E-state index is 10.7. The monoisotopic (exact) mass is 221 g/mol. The highest BCUT2D eigenvalue weighted by molar-refractivity contribution is 5.77. The topological polar surface area (TPSA) is 83.7 Å². The lowest BCUT2D eigenvalue weighted by Gasteiger charge is -2.11. The second kappa shape index (κ2) is 5.56. The predicted octanol–water partition coefficient (Wildman–Crippen LogP) is 0.445. The van der Waals surface area contributed by atoms with Crippen molar-refractivity contribution in [2.75, 3.05) is 7.11 Å². The molecular formula is C10H11N3O3. The Kier molecular flexibility index (Phi) is 4.09. The van der Waals surface area contributed by atoms with Gasteiger partial charge in [0, 0.05) is 19.2 Å². The molecule has 84 valence electrons. The molecule has 1 atom stereocenters. The molecule has 1 N–H and O–H groups in total. The van der Waals surface area contributed by atoms with Crippen LogP contribution in [0.1, 0.15) is 6.92 Å². The zero-order chi connectivity index (χ0) is 12.0. The van der Waals surface area contributed by atoms with Gasteiger partial charge >= 0.3 is 5.97 Å². The highest BCUT2D eigenvalue weighted by Crippen LogP contribution is 2.05. The number of carbonyl (C=O) groups is 1. The van der Waals surface area contributed by atoms with E-state index in [-0.39, 0.29) is 0 Å². The van der Waals surface area contributed by atoms with Crippen LogP contribution in [0.4, 0.5) is 0 Å². The first-order valence-electron chi connectivity index (χ1n) is 4.49. The molecule has 0 aliphatic carbocycles. The Balaban J connectivity index is 2.66. The summed E-state index contributed by atoms with van der Waals surface area (Å²) in [5.41, 5.74) is 0. The van der Waals surface area contributed by atoms with Gasteiger partial charge in [0.25, 0.3) is 0 Å². The maximum absolute atomic E-state index is 10.7. The number of rotatable bonds is 3. The zero-order valence-corrected chi connectivity index (χ0v) is 8.93. The molecule has 0 amide bonds. The third-order valence-corrected chi connectivity index (χ3v) is 1.66. The molecule has 0 saturated carbocycles. The average Bonchev–Trinajstić information content (AvgIpc) is 2.28. The number of nitrogens with one attached hydrogen (secondary N) is 1. The second-order valence-electron chi connectivity index (χ2n) is 2.86. The molecule has 0 fully saturated rings. The normalized spacial score (nSPS) is 18.1. The van der Waals surface area contributed by atoms with Crippen molar-refractivity contribution in [3.63, 3.8) is 0 Å². The second-order valence-corrected chi connectivity index (χ2v) is 2.86. The van der Waals surface area contributed by atoms with E-state index in [4.69, 9.17) is 14.7 Å². The number of hydrogen-bond acceptors (Lipinski definition) is 6. The van der Waals surface area contributed by atoms with Gasteiger partial charge in [0.15, 0.2) is 5.76 Å². The molecule has 0 aromatic heterocycles. The minimum absolute atomic E-state index is 0.425. The van der Waals surface area contributed by atoms with Gasteiger partial charge in [0.1, 0.15) is 11.9 Å². The fraction of sp³-hybridized carbons (Fsp3) is 0.300. The first kappa shape index (κ1) is 11.8. The number of nitriles is 1. The minimum Gasteiger partial charge on any atom is -0.494 e. The zero-order valence-electron chi connectivity index (χ0n) is 8.93. The Morgan fingerprint density at radius 1 is 1.75 bits per heavy atom. The highest BCUT2D eigenvalue weighted by atomic mass is 16.5. The van der Waals surface area contributed by atoms with E-state index in [2.05, 4.69) is 10.3 Å². The predicted molar refractivity (Wildman–Crippen MR) is 56.0 cm³/mol. The van der Waals surface area contributed by atoms with Crippen molar-refractivity contribution in [2.45, 2.75) is 13.0 Å². The van der Waals surface area contributed by atoms with Gasteiger partial charge in [-0.2, -0.15) is 5.26 Å². The Morgan fingerprint density at radius 3 is 2.94 bits per heavy atom. The van der Waals surface area contributed by atoms with Gasteiger partial charge < -0.3 is 14.8 Å². The minimum atomic E-state index is -0.949. The molecule has 1 unspecified atom stereocenters. The lowest BCUT2D eigenvalue weighted by molar-refractivity contribution is -0.142. The molecule has 1 rings (SSSR count). The van der Waals surface area contributed by atoms with Crippen LogP contribution in [0.5, 0.6) is 0 Å². The summed E-state index contributed by atoms with van der Waals surface area (Å²) < 4.78 is 9.62. The largest absolute Gasteiger partial charge is 0.494 e. The molecule has 6 heteroatoms. The van der Waals surface area contributed by atoms with E-state index in [1.54, 1.807) is 6.20 Å². The SMILES string of the molecule is COC1=CN/C(=C/C(C#N)OC(C)=O)N=C1. The summed E-state index contributed by atoms with van der Waals surface area (Å²) in [6.07, 6.45) is 3.53. The Hall–Kier alpha value is -2.29. The molecule has 1 aliphatic rings. The van der Waals surface area contributed by atoms with Crippen LogP contribution in [0.25, 0.3) is 0 Å². The molecule has 0 spiro atoms.